The Morgan fingerprint density at radius 3 is 1.89 bits per heavy atom. The summed E-state index contributed by atoms with van der Waals surface area (Å²) in [4.78, 5) is 0. The van der Waals surface area contributed by atoms with Crippen LogP contribution in [0, 0.1) is 0 Å². The van der Waals surface area contributed by atoms with Crippen LogP contribution in [0.25, 0.3) is 0 Å². The Morgan fingerprint density at radius 1 is 0.722 bits per heavy atom. The first-order valence-corrected chi connectivity index (χ1v) is 10.2. The van der Waals surface area contributed by atoms with Gasteiger partial charge in [-0.25, -0.2) is 0 Å². The average molecular weight is 276 g/mol. The molecule has 0 aliphatic rings. The van der Waals surface area contributed by atoms with Crippen molar-refractivity contribution < 1.29 is 13.6 Å². The van der Waals surface area contributed by atoms with E-state index in [1.807, 2.05) is 0 Å². The van der Waals surface area contributed by atoms with Crippen molar-refractivity contribution in [1.29, 1.82) is 0 Å². The van der Waals surface area contributed by atoms with Crippen LogP contribution < -0.4 is 0 Å². The fourth-order valence-corrected chi connectivity index (χ4v) is 3.08. The first-order valence-electron chi connectivity index (χ1n) is 7.39. The van der Waals surface area contributed by atoms with Crippen LogP contribution in [0.15, 0.2) is 0 Å². The highest BCUT2D eigenvalue weighted by molar-refractivity contribution is 6.64. The predicted octanol–water partition coefficient (Wildman–Crippen LogP) is 4.12. The number of ether oxygens (including phenoxy) is 1. The van der Waals surface area contributed by atoms with Gasteiger partial charge < -0.3 is 13.6 Å². The molecule has 0 saturated heterocycles. The van der Waals surface area contributed by atoms with E-state index >= 15 is 0 Å². The molecule has 0 N–H and O–H groups in total. The number of unbranched alkanes of at least 4 members (excludes halogenated alkanes) is 6. The van der Waals surface area contributed by atoms with E-state index in [1.54, 1.807) is 7.11 Å². The normalized spacial score (nSPS) is 12.0. The van der Waals surface area contributed by atoms with Crippen molar-refractivity contribution in [3.05, 3.63) is 0 Å². The molecule has 0 amide bonds. The lowest BCUT2D eigenvalue weighted by atomic mass is 10.1. The summed E-state index contributed by atoms with van der Waals surface area (Å²) in [7, 11) is -0.210. The summed E-state index contributed by atoms with van der Waals surface area (Å²) in [6, 6.07) is 0. The van der Waals surface area contributed by atoms with E-state index in [2.05, 4.69) is 20.0 Å². The number of methoxy groups -OCH3 is 1. The van der Waals surface area contributed by atoms with Gasteiger partial charge in [0.05, 0.1) is 13.2 Å². The zero-order valence-electron chi connectivity index (χ0n) is 12.8. The van der Waals surface area contributed by atoms with Crippen molar-refractivity contribution in [3.8, 4) is 0 Å². The van der Waals surface area contributed by atoms with Gasteiger partial charge in [0.15, 0.2) is 0 Å². The van der Waals surface area contributed by atoms with Crippen LogP contribution in [0.5, 0.6) is 0 Å². The molecule has 0 heterocycles. The van der Waals surface area contributed by atoms with Crippen molar-refractivity contribution >= 4 is 8.56 Å². The van der Waals surface area contributed by atoms with Crippen molar-refractivity contribution in [2.24, 2.45) is 0 Å². The summed E-state index contributed by atoms with van der Waals surface area (Å²) in [5, 5.41) is 0. The smallest absolute Gasteiger partial charge is 0.331 e. The fourth-order valence-electron chi connectivity index (χ4n) is 1.79. The summed E-state index contributed by atoms with van der Waals surface area (Å²) < 4.78 is 16.6. The molecule has 0 spiro atoms. The molecule has 0 radical (unpaired) electrons. The number of rotatable bonds is 13. The van der Waals surface area contributed by atoms with Gasteiger partial charge in [-0.2, -0.15) is 0 Å². The molecule has 0 rings (SSSR count). The lowest BCUT2D eigenvalue weighted by molar-refractivity contribution is 0.112. The first-order chi connectivity index (χ1) is 8.62. The molecule has 0 aromatic carbocycles. The van der Waals surface area contributed by atoms with Crippen molar-refractivity contribution in [2.45, 2.75) is 65.0 Å². The Labute approximate surface area is 114 Å². The van der Waals surface area contributed by atoms with Gasteiger partial charge in [0.2, 0.25) is 0 Å². The summed E-state index contributed by atoms with van der Waals surface area (Å²) in [5.74, 6) is 0. The van der Waals surface area contributed by atoms with Crippen molar-refractivity contribution in [1.82, 2.24) is 0 Å². The predicted molar refractivity (Wildman–Crippen MR) is 79.3 cm³/mol. The van der Waals surface area contributed by atoms with Crippen molar-refractivity contribution in [3.63, 3.8) is 0 Å². The molecule has 0 fully saturated rings. The largest absolute Gasteiger partial charge is 0.395 e. The van der Waals surface area contributed by atoms with Crippen LogP contribution >= 0.6 is 0 Å². The maximum atomic E-state index is 5.86. The van der Waals surface area contributed by atoms with Crippen LogP contribution in [0.1, 0.15) is 51.9 Å². The molecule has 18 heavy (non-hydrogen) atoms. The van der Waals surface area contributed by atoms with E-state index in [9.17, 15) is 0 Å². The third kappa shape index (κ3) is 12.6. The van der Waals surface area contributed by atoms with Crippen LogP contribution in [0.4, 0.5) is 0 Å². The molecular formula is C14H32O3Si. The number of hydrogen-bond donors (Lipinski definition) is 0. The molecule has 0 aliphatic heterocycles. The van der Waals surface area contributed by atoms with E-state index in [0.29, 0.717) is 13.2 Å². The standard InChI is InChI=1S/C14H32O3Si/c1-5-6-7-8-9-10-11-12-16-18(3,4)17-14-13-15-2/h5-14H2,1-4H3. The number of hydrogen-bond acceptors (Lipinski definition) is 3. The second-order valence-electron chi connectivity index (χ2n) is 5.21. The minimum Gasteiger partial charge on any atom is -0.395 e. The summed E-state index contributed by atoms with van der Waals surface area (Å²) in [6.07, 6.45) is 9.25. The molecule has 0 unspecified atom stereocenters. The minimum absolute atomic E-state index is 0.646. The lowest BCUT2D eigenvalue weighted by Crippen LogP contribution is -2.36. The maximum Gasteiger partial charge on any atom is 0.331 e. The van der Waals surface area contributed by atoms with Gasteiger partial charge in [0.25, 0.3) is 0 Å². The van der Waals surface area contributed by atoms with E-state index in [0.717, 1.165) is 13.0 Å². The Hall–Kier alpha value is 0.0969. The molecule has 3 nitrogen and oxygen atoms in total. The summed E-state index contributed by atoms with van der Waals surface area (Å²) in [6.45, 7) is 8.60. The Kier molecular flexibility index (Phi) is 12.2. The molecule has 0 atom stereocenters. The highest BCUT2D eigenvalue weighted by Gasteiger charge is 2.23. The molecule has 4 heteroatoms. The monoisotopic (exact) mass is 276 g/mol. The topological polar surface area (TPSA) is 27.7 Å². The molecule has 0 aliphatic carbocycles. The average Bonchev–Trinajstić information content (AvgIpc) is 2.33. The van der Waals surface area contributed by atoms with Gasteiger partial charge in [0, 0.05) is 13.7 Å². The maximum absolute atomic E-state index is 5.86. The van der Waals surface area contributed by atoms with Gasteiger partial charge in [-0.1, -0.05) is 45.4 Å². The summed E-state index contributed by atoms with van der Waals surface area (Å²) in [5.41, 5.74) is 0. The fraction of sp³-hybridized carbons (Fsp3) is 1.00. The molecule has 0 aromatic heterocycles. The molecule has 0 aromatic rings. The Bertz CT molecular complexity index is 174. The van der Waals surface area contributed by atoms with E-state index < -0.39 is 8.56 Å². The summed E-state index contributed by atoms with van der Waals surface area (Å²) >= 11 is 0. The van der Waals surface area contributed by atoms with E-state index in [-0.39, 0.29) is 0 Å². The van der Waals surface area contributed by atoms with Gasteiger partial charge >= 0.3 is 8.56 Å². The highest BCUT2D eigenvalue weighted by atomic mass is 28.4. The van der Waals surface area contributed by atoms with Crippen LogP contribution in [-0.4, -0.2) is 35.5 Å². The third-order valence-corrected chi connectivity index (χ3v) is 4.73. The van der Waals surface area contributed by atoms with Gasteiger partial charge in [-0.05, 0) is 19.5 Å². The van der Waals surface area contributed by atoms with Gasteiger partial charge in [0.1, 0.15) is 0 Å². The van der Waals surface area contributed by atoms with Crippen LogP contribution in [-0.2, 0) is 13.6 Å². The molecule has 0 bridgehead atoms. The lowest BCUT2D eigenvalue weighted by Gasteiger charge is -2.22. The SMILES string of the molecule is CCCCCCCCCO[Si](C)(C)OCCOC. The third-order valence-electron chi connectivity index (χ3n) is 2.93. The quantitative estimate of drug-likeness (QED) is 0.374. The Balaban J connectivity index is 3.30. The van der Waals surface area contributed by atoms with Gasteiger partial charge in [-0.15, -0.1) is 0 Å². The minimum atomic E-state index is -1.90. The van der Waals surface area contributed by atoms with E-state index in [4.69, 9.17) is 13.6 Å². The van der Waals surface area contributed by atoms with Crippen molar-refractivity contribution in [2.75, 3.05) is 26.9 Å². The molecule has 0 saturated carbocycles. The van der Waals surface area contributed by atoms with Crippen LogP contribution in [0.3, 0.4) is 0 Å². The van der Waals surface area contributed by atoms with Gasteiger partial charge in [-0.3, -0.25) is 0 Å². The second kappa shape index (κ2) is 12.1. The molecular weight excluding hydrogens is 244 g/mol. The van der Waals surface area contributed by atoms with E-state index in [1.165, 1.54) is 38.5 Å². The molecule has 110 valence electrons. The first kappa shape index (κ1) is 18.1. The second-order valence-corrected chi connectivity index (χ2v) is 8.59. The Morgan fingerprint density at radius 2 is 1.28 bits per heavy atom. The zero-order chi connectivity index (χ0) is 13.7. The zero-order valence-corrected chi connectivity index (χ0v) is 13.8. The highest BCUT2D eigenvalue weighted by Crippen LogP contribution is 2.10. The van der Waals surface area contributed by atoms with Crippen LogP contribution in [0.2, 0.25) is 13.1 Å².